The van der Waals surface area contributed by atoms with E-state index in [2.05, 4.69) is 15.6 Å². The predicted molar refractivity (Wildman–Crippen MR) is 83.3 cm³/mol. The summed E-state index contributed by atoms with van der Waals surface area (Å²) in [5.41, 5.74) is 0.256. The minimum absolute atomic E-state index is 0.0705. The molecule has 0 aliphatic rings. The van der Waals surface area contributed by atoms with Crippen LogP contribution in [-0.4, -0.2) is 44.9 Å². The molecule has 7 heteroatoms. The van der Waals surface area contributed by atoms with Crippen LogP contribution in [-0.2, 0) is 9.84 Å². The number of sulfone groups is 1. The minimum Gasteiger partial charge on any atom is -0.373 e. The second-order valence-electron chi connectivity index (χ2n) is 4.71. The summed E-state index contributed by atoms with van der Waals surface area (Å²) in [6.07, 6.45) is 1.13. The van der Waals surface area contributed by atoms with E-state index in [0.29, 0.717) is 5.82 Å². The number of benzene rings is 1. The molecule has 112 valence electrons. The average molecular weight is 307 g/mol. The van der Waals surface area contributed by atoms with E-state index in [0.717, 1.165) is 17.0 Å². The van der Waals surface area contributed by atoms with E-state index in [-0.39, 0.29) is 23.9 Å². The van der Waals surface area contributed by atoms with Crippen LogP contribution in [0.25, 0.3) is 10.8 Å². The molecule has 2 N–H and O–H groups in total. The molecule has 0 aliphatic carbocycles. The molecule has 2 rings (SSSR count). The van der Waals surface area contributed by atoms with E-state index in [9.17, 15) is 13.2 Å². The van der Waals surface area contributed by atoms with Gasteiger partial charge in [-0.15, -0.1) is 0 Å². The van der Waals surface area contributed by atoms with E-state index in [1.165, 1.54) is 0 Å². The van der Waals surface area contributed by atoms with Crippen molar-refractivity contribution in [3.05, 3.63) is 36.0 Å². The smallest absolute Gasteiger partial charge is 0.270 e. The van der Waals surface area contributed by atoms with Crippen LogP contribution >= 0.6 is 0 Å². The number of hydrogen-bond acceptors (Lipinski definition) is 5. The van der Waals surface area contributed by atoms with Crippen molar-refractivity contribution in [2.75, 3.05) is 30.9 Å². The van der Waals surface area contributed by atoms with Gasteiger partial charge in [-0.05, 0) is 11.5 Å². The lowest BCUT2D eigenvalue weighted by molar-refractivity contribution is 0.0951. The van der Waals surface area contributed by atoms with Crippen LogP contribution in [0.4, 0.5) is 5.82 Å². The Morgan fingerprint density at radius 2 is 2.00 bits per heavy atom. The first-order valence-corrected chi connectivity index (χ1v) is 8.50. The van der Waals surface area contributed by atoms with Crippen LogP contribution in [0.2, 0.25) is 0 Å². The number of nitrogens with one attached hydrogen (secondary N) is 2. The zero-order valence-electron chi connectivity index (χ0n) is 11.9. The molecule has 1 aromatic carbocycles. The second kappa shape index (κ2) is 6.09. The normalized spacial score (nSPS) is 11.3. The van der Waals surface area contributed by atoms with Crippen LogP contribution in [0, 0.1) is 0 Å². The molecule has 0 atom stereocenters. The molecule has 6 nitrogen and oxygen atoms in total. The van der Waals surface area contributed by atoms with Gasteiger partial charge in [-0.3, -0.25) is 4.79 Å². The van der Waals surface area contributed by atoms with E-state index >= 15 is 0 Å². The van der Waals surface area contributed by atoms with Crippen LogP contribution in [0.3, 0.4) is 0 Å². The van der Waals surface area contributed by atoms with Gasteiger partial charge >= 0.3 is 0 Å². The quantitative estimate of drug-likeness (QED) is 0.862. The molecule has 1 aromatic heterocycles. The lowest BCUT2D eigenvalue weighted by atomic mass is 10.1. The summed E-state index contributed by atoms with van der Waals surface area (Å²) in [6, 6.07) is 9.28. The zero-order valence-corrected chi connectivity index (χ0v) is 12.7. The van der Waals surface area contributed by atoms with E-state index in [1.807, 2.05) is 24.3 Å². The van der Waals surface area contributed by atoms with Gasteiger partial charge in [-0.1, -0.05) is 24.3 Å². The van der Waals surface area contributed by atoms with Gasteiger partial charge in [0.2, 0.25) is 0 Å². The number of fused-ring (bicyclic) bond motifs is 1. The zero-order chi connectivity index (χ0) is 15.5. The molecule has 0 saturated carbocycles. The Bertz CT molecular complexity index is 772. The lowest BCUT2D eigenvalue weighted by Crippen LogP contribution is -2.29. The van der Waals surface area contributed by atoms with Gasteiger partial charge < -0.3 is 10.6 Å². The van der Waals surface area contributed by atoms with Crippen molar-refractivity contribution in [3.63, 3.8) is 0 Å². The standard InChI is InChI=1S/C14H17N3O3S/c1-15-13-11-6-4-3-5-10(11)9-12(17-13)14(18)16-7-8-21(2,19)20/h3-6,9H,7-8H2,1-2H3,(H,15,17)(H,16,18). The number of amides is 1. The molecule has 0 aliphatic heterocycles. The predicted octanol–water partition coefficient (Wildman–Crippen LogP) is 1.05. The summed E-state index contributed by atoms with van der Waals surface area (Å²) in [5, 5.41) is 7.34. The van der Waals surface area contributed by atoms with Crippen molar-refractivity contribution in [1.29, 1.82) is 0 Å². The molecular weight excluding hydrogens is 290 g/mol. The molecule has 1 heterocycles. The molecule has 0 bridgehead atoms. The van der Waals surface area contributed by atoms with Crippen LogP contribution in [0.5, 0.6) is 0 Å². The maximum absolute atomic E-state index is 12.0. The van der Waals surface area contributed by atoms with Crippen molar-refractivity contribution in [2.24, 2.45) is 0 Å². The van der Waals surface area contributed by atoms with E-state index < -0.39 is 9.84 Å². The highest BCUT2D eigenvalue weighted by Gasteiger charge is 2.12. The van der Waals surface area contributed by atoms with Crippen molar-refractivity contribution in [3.8, 4) is 0 Å². The minimum atomic E-state index is -3.10. The van der Waals surface area contributed by atoms with Crippen LogP contribution in [0.15, 0.2) is 30.3 Å². The molecule has 0 fully saturated rings. The third kappa shape index (κ3) is 3.91. The molecule has 2 aromatic rings. The van der Waals surface area contributed by atoms with Crippen molar-refractivity contribution in [1.82, 2.24) is 10.3 Å². The number of aromatic nitrogens is 1. The number of rotatable bonds is 5. The van der Waals surface area contributed by atoms with Gasteiger partial charge in [0.05, 0.1) is 5.75 Å². The topological polar surface area (TPSA) is 88.2 Å². The lowest BCUT2D eigenvalue weighted by Gasteiger charge is -2.09. The SMILES string of the molecule is CNc1nc(C(=O)NCCS(C)(=O)=O)cc2ccccc12. The number of nitrogens with zero attached hydrogens (tertiary/aromatic N) is 1. The number of anilines is 1. The van der Waals surface area contributed by atoms with Gasteiger partial charge in [-0.2, -0.15) is 0 Å². The highest BCUT2D eigenvalue weighted by atomic mass is 32.2. The Morgan fingerprint density at radius 1 is 1.29 bits per heavy atom. The largest absolute Gasteiger partial charge is 0.373 e. The fourth-order valence-corrected chi connectivity index (χ4v) is 2.42. The first-order valence-electron chi connectivity index (χ1n) is 6.44. The Kier molecular flexibility index (Phi) is 4.42. The van der Waals surface area contributed by atoms with Crippen molar-refractivity contribution >= 4 is 32.3 Å². The molecule has 21 heavy (non-hydrogen) atoms. The van der Waals surface area contributed by atoms with Gasteiger partial charge in [0.15, 0.2) is 0 Å². The number of carbonyl (C=O) groups excluding carboxylic acids is 1. The number of hydrogen-bond donors (Lipinski definition) is 2. The van der Waals surface area contributed by atoms with Gasteiger partial charge in [0.25, 0.3) is 5.91 Å². The molecule has 0 saturated heterocycles. The van der Waals surface area contributed by atoms with Crippen molar-refractivity contribution in [2.45, 2.75) is 0 Å². The van der Waals surface area contributed by atoms with Gasteiger partial charge in [-0.25, -0.2) is 13.4 Å². The van der Waals surface area contributed by atoms with Crippen LogP contribution < -0.4 is 10.6 Å². The van der Waals surface area contributed by atoms with Crippen molar-refractivity contribution < 1.29 is 13.2 Å². The average Bonchev–Trinajstić information content (AvgIpc) is 2.44. The fraction of sp³-hybridized carbons (Fsp3) is 0.286. The van der Waals surface area contributed by atoms with Gasteiger partial charge in [0, 0.05) is 25.2 Å². The summed E-state index contributed by atoms with van der Waals surface area (Å²) in [4.78, 5) is 16.3. The summed E-state index contributed by atoms with van der Waals surface area (Å²) < 4.78 is 22.1. The monoisotopic (exact) mass is 307 g/mol. The van der Waals surface area contributed by atoms with E-state index in [1.54, 1.807) is 13.1 Å². The highest BCUT2D eigenvalue weighted by Crippen LogP contribution is 2.21. The Labute approximate surface area is 123 Å². The third-order valence-electron chi connectivity index (χ3n) is 2.97. The molecule has 0 unspecified atom stereocenters. The molecule has 0 spiro atoms. The summed E-state index contributed by atoms with van der Waals surface area (Å²) >= 11 is 0. The summed E-state index contributed by atoms with van der Waals surface area (Å²) in [7, 11) is -1.36. The van der Waals surface area contributed by atoms with Gasteiger partial charge in [0.1, 0.15) is 21.3 Å². The first kappa shape index (κ1) is 15.2. The Balaban J connectivity index is 2.23. The molecular formula is C14H17N3O3S. The Morgan fingerprint density at radius 3 is 2.67 bits per heavy atom. The number of pyridine rings is 1. The second-order valence-corrected chi connectivity index (χ2v) is 6.97. The fourth-order valence-electron chi connectivity index (χ4n) is 1.95. The Hall–Kier alpha value is -2.15. The molecule has 0 radical (unpaired) electrons. The van der Waals surface area contributed by atoms with Crippen LogP contribution in [0.1, 0.15) is 10.5 Å². The maximum Gasteiger partial charge on any atom is 0.270 e. The molecule has 1 amide bonds. The first-order chi connectivity index (χ1) is 9.90. The number of carbonyl (C=O) groups is 1. The van der Waals surface area contributed by atoms with E-state index in [4.69, 9.17) is 0 Å². The maximum atomic E-state index is 12.0. The summed E-state index contributed by atoms with van der Waals surface area (Å²) in [5.74, 6) is 0.132. The highest BCUT2D eigenvalue weighted by molar-refractivity contribution is 7.90. The summed E-state index contributed by atoms with van der Waals surface area (Å²) in [6.45, 7) is 0.0705. The third-order valence-corrected chi connectivity index (χ3v) is 3.91.